The third kappa shape index (κ3) is 2.02. The van der Waals surface area contributed by atoms with Crippen molar-refractivity contribution >= 4 is 5.78 Å². The second-order valence-electron chi connectivity index (χ2n) is 4.77. The van der Waals surface area contributed by atoms with Crippen LogP contribution in [0.4, 0.5) is 0 Å². The summed E-state index contributed by atoms with van der Waals surface area (Å²) < 4.78 is 0. The van der Waals surface area contributed by atoms with Crippen LogP contribution in [0.15, 0.2) is 54.6 Å². The minimum atomic E-state index is 0.0780. The molecule has 2 nitrogen and oxygen atoms in total. The number of hydrogen-bond acceptors (Lipinski definition) is 2. The summed E-state index contributed by atoms with van der Waals surface area (Å²) >= 11 is 0. The van der Waals surface area contributed by atoms with Gasteiger partial charge in [0.1, 0.15) is 5.75 Å². The Bertz CT molecular complexity index is 575. The third-order valence-corrected chi connectivity index (χ3v) is 3.48. The zero-order chi connectivity index (χ0) is 12.5. The fraction of sp³-hybridized carbons (Fsp3) is 0.188. The van der Waals surface area contributed by atoms with E-state index in [4.69, 9.17) is 0 Å². The summed E-state index contributed by atoms with van der Waals surface area (Å²) in [7, 11) is 0. The molecule has 0 heterocycles. The van der Waals surface area contributed by atoms with Crippen molar-refractivity contribution in [1.29, 1.82) is 0 Å². The van der Waals surface area contributed by atoms with E-state index in [1.807, 2.05) is 42.5 Å². The van der Waals surface area contributed by atoms with E-state index < -0.39 is 0 Å². The molecule has 1 aliphatic rings. The molecule has 0 aliphatic heterocycles. The van der Waals surface area contributed by atoms with E-state index in [-0.39, 0.29) is 23.4 Å². The van der Waals surface area contributed by atoms with Crippen molar-refractivity contribution in [2.75, 3.05) is 0 Å². The normalized spacial score (nSPS) is 21.6. The summed E-state index contributed by atoms with van der Waals surface area (Å²) in [5, 5.41) is 9.45. The smallest absolute Gasteiger partial charge is 0.166 e. The molecule has 1 aliphatic carbocycles. The van der Waals surface area contributed by atoms with Crippen LogP contribution in [0.3, 0.4) is 0 Å². The number of Topliss-reactive ketones (excluding diaryl/α,β-unsaturated/α-hetero) is 1. The Morgan fingerprint density at radius 2 is 1.83 bits per heavy atom. The third-order valence-electron chi connectivity index (χ3n) is 3.48. The predicted octanol–water partition coefficient (Wildman–Crippen LogP) is 3.38. The van der Waals surface area contributed by atoms with Crippen LogP contribution in [0.25, 0.3) is 0 Å². The summed E-state index contributed by atoms with van der Waals surface area (Å²) in [6.45, 7) is 0. The zero-order valence-corrected chi connectivity index (χ0v) is 9.91. The Labute approximate surface area is 106 Å². The SMILES string of the molecule is O=C(c1ccccc1)C1CC1c1cccc(O)c1. The van der Waals surface area contributed by atoms with Crippen LogP contribution in [-0.4, -0.2) is 10.9 Å². The fourth-order valence-corrected chi connectivity index (χ4v) is 2.43. The van der Waals surface area contributed by atoms with Crippen LogP contribution in [0.2, 0.25) is 0 Å². The lowest BCUT2D eigenvalue weighted by molar-refractivity contribution is 0.0965. The quantitative estimate of drug-likeness (QED) is 0.832. The van der Waals surface area contributed by atoms with Crippen molar-refractivity contribution in [3.63, 3.8) is 0 Å². The highest BCUT2D eigenvalue weighted by Crippen LogP contribution is 2.49. The minimum absolute atomic E-state index is 0.0780. The predicted molar refractivity (Wildman–Crippen MR) is 69.7 cm³/mol. The first kappa shape index (κ1) is 11.0. The summed E-state index contributed by atoms with van der Waals surface area (Å²) in [6, 6.07) is 16.6. The number of phenolic OH excluding ortho intramolecular Hbond substituents is 1. The Morgan fingerprint density at radius 1 is 1.06 bits per heavy atom. The maximum absolute atomic E-state index is 12.2. The lowest BCUT2D eigenvalue weighted by Crippen LogP contribution is -2.02. The van der Waals surface area contributed by atoms with E-state index in [0.717, 1.165) is 17.5 Å². The van der Waals surface area contributed by atoms with Gasteiger partial charge in [0.25, 0.3) is 0 Å². The van der Waals surface area contributed by atoms with E-state index in [1.165, 1.54) is 0 Å². The molecule has 2 unspecified atom stereocenters. The highest BCUT2D eigenvalue weighted by atomic mass is 16.3. The molecule has 3 rings (SSSR count). The van der Waals surface area contributed by atoms with Crippen molar-refractivity contribution in [1.82, 2.24) is 0 Å². The molecule has 0 bridgehead atoms. The molecule has 0 radical (unpaired) electrons. The number of phenols is 1. The molecule has 2 heteroatoms. The van der Waals surface area contributed by atoms with Crippen molar-refractivity contribution in [2.45, 2.75) is 12.3 Å². The van der Waals surface area contributed by atoms with Gasteiger partial charge in [-0.25, -0.2) is 0 Å². The van der Waals surface area contributed by atoms with Gasteiger partial charge in [-0.05, 0) is 30.0 Å². The maximum Gasteiger partial charge on any atom is 0.166 e. The Hall–Kier alpha value is -2.09. The lowest BCUT2D eigenvalue weighted by Gasteiger charge is -2.01. The Balaban J connectivity index is 1.77. The van der Waals surface area contributed by atoms with Gasteiger partial charge in [0.2, 0.25) is 0 Å². The van der Waals surface area contributed by atoms with Crippen LogP contribution in [0.5, 0.6) is 5.75 Å². The second kappa shape index (κ2) is 4.30. The molecule has 2 aromatic carbocycles. The number of rotatable bonds is 3. The highest BCUT2D eigenvalue weighted by molar-refractivity contribution is 6.00. The summed E-state index contributed by atoms with van der Waals surface area (Å²) in [5.41, 5.74) is 1.84. The van der Waals surface area contributed by atoms with E-state index in [9.17, 15) is 9.90 Å². The number of hydrogen-bond donors (Lipinski definition) is 1. The van der Waals surface area contributed by atoms with Gasteiger partial charge >= 0.3 is 0 Å². The van der Waals surface area contributed by atoms with Gasteiger partial charge < -0.3 is 5.11 Å². The molecule has 18 heavy (non-hydrogen) atoms. The molecule has 0 amide bonds. The number of ketones is 1. The van der Waals surface area contributed by atoms with E-state index >= 15 is 0 Å². The number of carbonyl (C=O) groups excluding carboxylic acids is 1. The summed E-state index contributed by atoms with van der Waals surface area (Å²) in [6.07, 6.45) is 0.886. The first-order valence-corrected chi connectivity index (χ1v) is 6.14. The van der Waals surface area contributed by atoms with Gasteiger partial charge in [-0.1, -0.05) is 42.5 Å². The molecule has 0 spiro atoms. The minimum Gasteiger partial charge on any atom is -0.508 e. The van der Waals surface area contributed by atoms with Gasteiger partial charge in [0, 0.05) is 11.5 Å². The second-order valence-corrected chi connectivity index (χ2v) is 4.77. The van der Waals surface area contributed by atoms with Crippen LogP contribution >= 0.6 is 0 Å². The molecule has 2 atom stereocenters. The molecular formula is C16H14O2. The van der Waals surface area contributed by atoms with Crippen LogP contribution in [0, 0.1) is 5.92 Å². The van der Waals surface area contributed by atoms with Gasteiger partial charge in [-0.15, -0.1) is 0 Å². The lowest BCUT2D eigenvalue weighted by atomic mass is 10.0. The van der Waals surface area contributed by atoms with Gasteiger partial charge in [-0.2, -0.15) is 0 Å². The molecule has 1 N–H and O–H groups in total. The average molecular weight is 238 g/mol. The molecule has 2 aromatic rings. The van der Waals surface area contributed by atoms with E-state index in [1.54, 1.807) is 12.1 Å². The summed E-state index contributed by atoms with van der Waals surface area (Å²) in [5.74, 6) is 0.827. The zero-order valence-electron chi connectivity index (χ0n) is 9.91. The van der Waals surface area contributed by atoms with Crippen molar-refractivity contribution in [3.05, 3.63) is 65.7 Å². The molecule has 90 valence electrons. The van der Waals surface area contributed by atoms with Crippen molar-refractivity contribution in [2.24, 2.45) is 5.92 Å². The first-order valence-electron chi connectivity index (χ1n) is 6.14. The molecule has 0 saturated heterocycles. The van der Waals surface area contributed by atoms with Gasteiger partial charge in [-0.3, -0.25) is 4.79 Å². The van der Waals surface area contributed by atoms with Crippen LogP contribution in [0.1, 0.15) is 28.3 Å². The highest BCUT2D eigenvalue weighted by Gasteiger charge is 2.43. The topological polar surface area (TPSA) is 37.3 Å². The van der Waals surface area contributed by atoms with Crippen LogP contribution < -0.4 is 0 Å². The fourth-order valence-electron chi connectivity index (χ4n) is 2.43. The number of benzene rings is 2. The summed E-state index contributed by atoms with van der Waals surface area (Å²) in [4.78, 5) is 12.2. The molecular weight excluding hydrogens is 224 g/mol. The van der Waals surface area contributed by atoms with E-state index in [0.29, 0.717) is 0 Å². The van der Waals surface area contributed by atoms with E-state index in [2.05, 4.69) is 0 Å². The first-order chi connectivity index (χ1) is 8.75. The van der Waals surface area contributed by atoms with Gasteiger partial charge in [0.15, 0.2) is 5.78 Å². The van der Waals surface area contributed by atoms with Crippen molar-refractivity contribution in [3.8, 4) is 5.75 Å². The number of aromatic hydroxyl groups is 1. The Morgan fingerprint density at radius 3 is 2.56 bits per heavy atom. The van der Waals surface area contributed by atoms with Gasteiger partial charge in [0.05, 0.1) is 0 Å². The molecule has 1 fully saturated rings. The maximum atomic E-state index is 12.2. The monoisotopic (exact) mass is 238 g/mol. The standard InChI is InChI=1S/C16H14O2/c17-13-8-4-7-12(9-13)14-10-15(14)16(18)11-5-2-1-3-6-11/h1-9,14-15,17H,10H2. The molecule has 0 aromatic heterocycles. The van der Waals surface area contributed by atoms with Crippen LogP contribution in [-0.2, 0) is 0 Å². The van der Waals surface area contributed by atoms with Crippen molar-refractivity contribution < 1.29 is 9.90 Å². The molecule has 1 saturated carbocycles. The number of carbonyl (C=O) groups is 1. The largest absolute Gasteiger partial charge is 0.508 e. The average Bonchev–Trinajstić information content (AvgIpc) is 3.19. The Kier molecular flexibility index (Phi) is 2.63.